The molecule has 0 fully saturated rings. The van der Waals surface area contributed by atoms with Gasteiger partial charge in [0, 0.05) is 19.6 Å². The molecule has 0 amide bonds. The van der Waals surface area contributed by atoms with Crippen LogP contribution in [0, 0.1) is 5.92 Å². The standard InChI is InChI=1S/C26H52O5/c1-4-7-9-11-12-14-17-25(16-13-10-8-5-2)24-31-26(27)18-15-19-29-22-23-30-21-20-28-6-3/h25H,4-24H2,1-3H3. The Kier molecular flexibility index (Phi) is 25.1. The van der Waals surface area contributed by atoms with Crippen LogP contribution < -0.4 is 0 Å². The molecule has 5 heteroatoms. The van der Waals surface area contributed by atoms with E-state index in [9.17, 15) is 4.79 Å². The molecule has 0 aromatic heterocycles. The van der Waals surface area contributed by atoms with Crippen molar-refractivity contribution in [3.8, 4) is 0 Å². The van der Waals surface area contributed by atoms with Crippen molar-refractivity contribution in [3.05, 3.63) is 0 Å². The molecule has 0 radical (unpaired) electrons. The molecule has 0 aliphatic carbocycles. The van der Waals surface area contributed by atoms with Crippen LogP contribution in [-0.2, 0) is 23.7 Å². The zero-order chi connectivity index (χ0) is 22.8. The van der Waals surface area contributed by atoms with Crippen LogP contribution in [0.15, 0.2) is 0 Å². The molecule has 0 aromatic rings. The number of carbonyl (C=O) groups excluding carboxylic acids is 1. The summed E-state index contributed by atoms with van der Waals surface area (Å²) in [6.45, 7) is 10.7. The molecule has 0 aromatic carbocycles. The molecule has 0 heterocycles. The molecule has 0 rings (SSSR count). The SMILES string of the molecule is CCCCCCCCC(CCCCCC)COC(=O)CCCOCCOCCOCC. The van der Waals surface area contributed by atoms with E-state index in [-0.39, 0.29) is 5.97 Å². The van der Waals surface area contributed by atoms with Gasteiger partial charge in [0.05, 0.1) is 33.0 Å². The second-order valence-corrected chi connectivity index (χ2v) is 8.48. The van der Waals surface area contributed by atoms with Crippen LogP contribution in [0.2, 0.25) is 0 Å². The number of ether oxygens (including phenoxy) is 4. The summed E-state index contributed by atoms with van der Waals surface area (Å²) in [5, 5.41) is 0. The molecule has 0 saturated carbocycles. The van der Waals surface area contributed by atoms with E-state index >= 15 is 0 Å². The van der Waals surface area contributed by atoms with Crippen LogP contribution in [0.4, 0.5) is 0 Å². The second kappa shape index (κ2) is 25.6. The number of unbranched alkanes of at least 4 members (excludes halogenated alkanes) is 8. The number of hydrogen-bond donors (Lipinski definition) is 0. The number of esters is 1. The van der Waals surface area contributed by atoms with Gasteiger partial charge in [-0.25, -0.2) is 0 Å². The van der Waals surface area contributed by atoms with Crippen LogP contribution in [0.1, 0.15) is 111 Å². The lowest BCUT2D eigenvalue weighted by molar-refractivity contribution is -0.145. The normalized spacial score (nSPS) is 12.2. The molecule has 0 N–H and O–H groups in total. The van der Waals surface area contributed by atoms with Crippen LogP contribution in [0.25, 0.3) is 0 Å². The molecule has 186 valence electrons. The fourth-order valence-corrected chi connectivity index (χ4v) is 3.57. The smallest absolute Gasteiger partial charge is 0.305 e. The highest BCUT2D eigenvalue weighted by atomic mass is 16.5. The number of carbonyl (C=O) groups is 1. The van der Waals surface area contributed by atoms with Gasteiger partial charge in [0.25, 0.3) is 0 Å². The van der Waals surface area contributed by atoms with Gasteiger partial charge in [-0.3, -0.25) is 4.79 Å². The minimum absolute atomic E-state index is 0.0851. The van der Waals surface area contributed by atoms with Gasteiger partial charge < -0.3 is 18.9 Å². The second-order valence-electron chi connectivity index (χ2n) is 8.48. The quantitative estimate of drug-likeness (QED) is 0.116. The summed E-state index contributed by atoms with van der Waals surface area (Å²) in [7, 11) is 0. The maximum atomic E-state index is 12.1. The predicted octanol–water partition coefficient (Wildman–Crippen LogP) is 6.72. The van der Waals surface area contributed by atoms with E-state index < -0.39 is 0 Å². The molecule has 0 bridgehead atoms. The molecule has 31 heavy (non-hydrogen) atoms. The monoisotopic (exact) mass is 444 g/mol. The van der Waals surface area contributed by atoms with Crippen LogP contribution in [-0.4, -0.2) is 52.2 Å². The summed E-state index contributed by atoms with van der Waals surface area (Å²) in [5.74, 6) is 0.440. The van der Waals surface area contributed by atoms with E-state index in [0.29, 0.717) is 65.0 Å². The third-order valence-electron chi connectivity index (χ3n) is 5.53. The lowest BCUT2D eigenvalue weighted by Crippen LogP contribution is -2.15. The first-order chi connectivity index (χ1) is 15.2. The molecule has 1 atom stereocenters. The first-order valence-electron chi connectivity index (χ1n) is 13.1. The minimum Gasteiger partial charge on any atom is -0.465 e. The van der Waals surface area contributed by atoms with E-state index in [1.54, 1.807) is 0 Å². The predicted molar refractivity (Wildman–Crippen MR) is 129 cm³/mol. The Labute approximate surface area is 192 Å². The molecule has 0 aliphatic heterocycles. The molecule has 0 saturated heterocycles. The maximum absolute atomic E-state index is 12.1. The highest BCUT2D eigenvalue weighted by Gasteiger charge is 2.12. The van der Waals surface area contributed by atoms with E-state index in [1.165, 1.54) is 77.0 Å². The Morgan fingerprint density at radius 2 is 1.13 bits per heavy atom. The molecular formula is C26H52O5. The van der Waals surface area contributed by atoms with Crippen molar-refractivity contribution in [2.75, 3.05) is 46.2 Å². The first kappa shape index (κ1) is 30.4. The van der Waals surface area contributed by atoms with E-state index in [2.05, 4.69) is 13.8 Å². The average molecular weight is 445 g/mol. The summed E-state index contributed by atoms with van der Waals surface area (Å²) < 4.78 is 21.7. The fraction of sp³-hybridized carbons (Fsp3) is 0.962. The Bertz CT molecular complexity index is 362. The van der Waals surface area contributed by atoms with E-state index in [4.69, 9.17) is 18.9 Å². The summed E-state index contributed by atoms with van der Waals surface area (Å²) in [5.41, 5.74) is 0. The molecule has 0 spiro atoms. The molecule has 1 unspecified atom stereocenters. The third kappa shape index (κ3) is 23.8. The van der Waals surface area contributed by atoms with Crippen molar-refractivity contribution >= 4 is 5.97 Å². The van der Waals surface area contributed by atoms with Gasteiger partial charge in [0.15, 0.2) is 0 Å². The lowest BCUT2D eigenvalue weighted by atomic mass is 9.95. The van der Waals surface area contributed by atoms with Gasteiger partial charge in [-0.2, -0.15) is 0 Å². The first-order valence-corrected chi connectivity index (χ1v) is 13.1. The van der Waals surface area contributed by atoms with Crippen LogP contribution in [0.5, 0.6) is 0 Å². The minimum atomic E-state index is -0.0851. The summed E-state index contributed by atoms with van der Waals surface area (Å²) in [6, 6.07) is 0. The van der Waals surface area contributed by atoms with Gasteiger partial charge in [0.1, 0.15) is 0 Å². The van der Waals surface area contributed by atoms with Crippen molar-refractivity contribution < 1.29 is 23.7 Å². The van der Waals surface area contributed by atoms with Crippen LogP contribution >= 0.6 is 0 Å². The molecule has 0 aliphatic rings. The average Bonchev–Trinajstić information content (AvgIpc) is 2.78. The van der Waals surface area contributed by atoms with Gasteiger partial charge in [-0.05, 0) is 32.1 Å². The zero-order valence-corrected chi connectivity index (χ0v) is 21.0. The fourth-order valence-electron chi connectivity index (χ4n) is 3.57. The topological polar surface area (TPSA) is 54.0 Å². The van der Waals surface area contributed by atoms with Crippen molar-refractivity contribution in [2.24, 2.45) is 5.92 Å². The molecular weight excluding hydrogens is 392 g/mol. The van der Waals surface area contributed by atoms with Crippen LogP contribution in [0.3, 0.4) is 0 Å². The lowest BCUT2D eigenvalue weighted by Gasteiger charge is -2.17. The third-order valence-corrected chi connectivity index (χ3v) is 5.53. The summed E-state index contributed by atoms with van der Waals surface area (Å²) in [6.07, 6.45) is 16.6. The maximum Gasteiger partial charge on any atom is 0.305 e. The molecule has 5 nitrogen and oxygen atoms in total. The Balaban J connectivity index is 3.79. The van der Waals surface area contributed by atoms with E-state index in [0.717, 1.165) is 0 Å². The van der Waals surface area contributed by atoms with E-state index in [1.807, 2.05) is 6.92 Å². The number of rotatable bonds is 25. The number of hydrogen-bond acceptors (Lipinski definition) is 5. The highest BCUT2D eigenvalue weighted by molar-refractivity contribution is 5.69. The van der Waals surface area contributed by atoms with Gasteiger partial charge >= 0.3 is 5.97 Å². The summed E-state index contributed by atoms with van der Waals surface area (Å²) in [4.78, 5) is 12.1. The summed E-state index contributed by atoms with van der Waals surface area (Å²) >= 11 is 0. The Morgan fingerprint density at radius 3 is 1.74 bits per heavy atom. The highest BCUT2D eigenvalue weighted by Crippen LogP contribution is 2.19. The Hall–Kier alpha value is -0.650. The zero-order valence-electron chi connectivity index (χ0n) is 21.0. The van der Waals surface area contributed by atoms with Crippen molar-refractivity contribution in [1.29, 1.82) is 0 Å². The van der Waals surface area contributed by atoms with Gasteiger partial charge in [-0.15, -0.1) is 0 Å². The van der Waals surface area contributed by atoms with Crippen molar-refractivity contribution in [2.45, 2.75) is 111 Å². The van der Waals surface area contributed by atoms with Crippen molar-refractivity contribution in [1.82, 2.24) is 0 Å². The van der Waals surface area contributed by atoms with Crippen molar-refractivity contribution in [3.63, 3.8) is 0 Å². The van der Waals surface area contributed by atoms with Gasteiger partial charge in [0.2, 0.25) is 0 Å². The van der Waals surface area contributed by atoms with Gasteiger partial charge in [-0.1, -0.05) is 78.1 Å². The Morgan fingerprint density at radius 1 is 0.613 bits per heavy atom. The largest absolute Gasteiger partial charge is 0.465 e.